The Hall–Kier alpha value is -3.47. The molecule has 0 spiro atoms. The zero-order chi connectivity index (χ0) is 20.2. The quantitative estimate of drug-likeness (QED) is 0.414. The summed E-state index contributed by atoms with van der Waals surface area (Å²) in [6.07, 6.45) is 1.86. The lowest BCUT2D eigenvalue weighted by molar-refractivity contribution is 0.214. The highest BCUT2D eigenvalue weighted by Crippen LogP contribution is 2.38. The van der Waals surface area contributed by atoms with Crippen LogP contribution in [0.3, 0.4) is 0 Å². The van der Waals surface area contributed by atoms with Crippen LogP contribution < -0.4 is 20.5 Å². The van der Waals surface area contributed by atoms with Gasteiger partial charge < -0.3 is 20.5 Å². The molecule has 0 unspecified atom stereocenters. The van der Waals surface area contributed by atoms with Crippen molar-refractivity contribution in [2.45, 2.75) is 25.9 Å². The molecule has 3 aromatic rings. The first-order valence-electron chi connectivity index (χ1n) is 9.76. The summed E-state index contributed by atoms with van der Waals surface area (Å²) in [6, 6.07) is 22.7. The lowest BCUT2D eigenvalue weighted by atomic mass is 10.1. The third-order valence-electron chi connectivity index (χ3n) is 4.99. The minimum atomic E-state index is 0.0469. The molecule has 0 aliphatic heterocycles. The van der Waals surface area contributed by atoms with Crippen molar-refractivity contribution < 1.29 is 9.47 Å². The van der Waals surface area contributed by atoms with Gasteiger partial charge in [-0.2, -0.15) is 0 Å². The summed E-state index contributed by atoms with van der Waals surface area (Å²) in [7, 11) is 0. The van der Waals surface area contributed by atoms with E-state index in [-0.39, 0.29) is 11.9 Å². The Morgan fingerprint density at radius 2 is 1.72 bits per heavy atom. The van der Waals surface area contributed by atoms with Gasteiger partial charge in [-0.3, -0.25) is 5.41 Å². The molecule has 4 rings (SSSR count). The molecule has 147 valence electrons. The van der Waals surface area contributed by atoms with Gasteiger partial charge in [-0.15, -0.1) is 0 Å². The summed E-state index contributed by atoms with van der Waals surface area (Å²) in [6.45, 7) is 2.50. The maximum Gasteiger partial charge on any atom is 0.147 e. The zero-order valence-electron chi connectivity index (χ0n) is 16.4. The topological polar surface area (TPSA) is 80.4 Å². The Morgan fingerprint density at radius 1 is 1.07 bits per heavy atom. The van der Waals surface area contributed by atoms with Gasteiger partial charge in [0.05, 0.1) is 6.61 Å². The van der Waals surface area contributed by atoms with Crippen LogP contribution in [-0.4, -0.2) is 18.5 Å². The van der Waals surface area contributed by atoms with Crippen LogP contribution in [0.1, 0.15) is 23.6 Å². The predicted octanol–water partition coefficient (Wildman–Crippen LogP) is 4.46. The van der Waals surface area contributed by atoms with Crippen molar-refractivity contribution in [2.24, 2.45) is 5.73 Å². The number of nitrogens with two attached hydrogens (primary N) is 1. The van der Waals surface area contributed by atoms with Gasteiger partial charge in [0, 0.05) is 24.1 Å². The van der Waals surface area contributed by atoms with E-state index in [0.29, 0.717) is 23.7 Å². The number of hydrogen-bond acceptors (Lipinski definition) is 4. The van der Waals surface area contributed by atoms with Crippen molar-refractivity contribution in [2.75, 3.05) is 11.9 Å². The van der Waals surface area contributed by atoms with E-state index in [0.717, 1.165) is 24.2 Å². The molecule has 1 aliphatic rings. The van der Waals surface area contributed by atoms with Crippen molar-refractivity contribution >= 4 is 17.2 Å². The number of ether oxygens (including phenoxy) is 2. The fraction of sp³-hybridized carbons (Fsp3) is 0.208. The molecule has 29 heavy (non-hydrogen) atoms. The predicted molar refractivity (Wildman–Crippen MR) is 115 cm³/mol. The molecular formula is C24H24N3O2. The number of anilines is 2. The molecule has 5 heteroatoms. The average Bonchev–Trinajstić information content (AvgIpc) is 3.13. The van der Waals surface area contributed by atoms with Crippen LogP contribution >= 0.6 is 0 Å². The second-order valence-corrected chi connectivity index (χ2v) is 7.02. The maximum atomic E-state index is 7.54. The van der Waals surface area contributed by atoms with E-state index in [1.54, 1.807) is 0 Å². The summed E-state index contributed by atoms with van der Waals surface area (Å²) in [5.74, 6) is 1.45. The molecule has 0 fully saturated rings. The number of fused-ring (bicyclic) bond motifs is 1. The van der Waals surface area contributed by atoms with E-state index in [2.05, 4.69) is 35.6 Å². The Labute approximate surface area is 171 Å². The largest absolute Gasteiger partial charge is 0.492 e. The highest BCUT2D eigenvalue weighted by molar-refractivity contribution is 5.95. The highest BCUT2D eigenvalue weighted by atomic mass is 16.5. The maximum absolute atomic E-state index is 7.54. The fourth-order valence-electron chi connectivity index (χ4n) is 3.60. The van der Waals surface area contributed by atoms with Crippen molar-refractivity contribution in [3.8, 4) is 11.5 Å². The summed E-state index contributed by atoms with van der Waals surface area (Å²) < 4.78 is 12.2. The van der Waals surface area contributed by atoms with Gasteiger partial charge in [0.2, 0.25) is 0 Å². The monoisotopic (exact) mass is 386 g/mol. The molecule has 1 aliphatic carbocycles. The van der Waals surface area contributed by atoms with Crippen molar-refractivity contribution in [3.63, 3.8) is 0 Å². The first-order chi connectivity index (χ1) is 14.1. The molecule has 0 heterocycles. The number of rotatable bonds is 7. The molecule has 5 nitrogen and oxygen atoms in total. The van der Waals surface area contributed by atoms with Crippen molar-refractivity contribution in [1.29, 1.82) is 5.41 Å². The van der Waals surface area contributed by atoms with Crippen LogP contribution in [0.2, 0.25) is 0 Å². The number of nitrogens with one attached hydrogen (secondary N) is 2. The molecule has 0 saturated carbocycles. The third-order valence-corrected chi connectivity index (χ3v) is 4.99. The van der Waals surface area contributed by atoms with E-state index in [1.807, 2.05) is 43.3 Å². The molecular weight excluding hydrogens is 362 g/mol. The van der Waals surface area contributed by atoms with Gasteiger partial charge in [0.15, 0.2) is 0 Å². The van der Waals surface area contributed by atoms with E-state index in [1.165, 1.54) is 11.1 Å². The first-order valence-corrected chi connectivity index (χ1v) is 9.76. The Balaban J connectivity index is 1.59. The van der Waals surface area contributed by atoms with Crippen molar-refractivity contribution in [1.82, 2.24) is 0 Å². The lowest BCUT2D eigenvalue weighted by Gasteiger charge is -2.20. The fourth-order valence-corrected chi connectivity index (χ4v) is 3.60. The molecule has 0 amide bonds. The highest BCUT2D eigenvalue weighted by Gasteiger charge is 2.24. The van der Waals surface area contributed by atoms with Crippen LogP contribution in [0.15, 0.2) is 60.7 Å². The normalized spacial score (nSPS) is 13.0. The minimum absolute atomic E-state index is 0.0469. The summed E-state index contributed by atoms with van der Waals surface area (Å²) in [5, 5.41) is 10.9. The Bertz CT molecular complexity index is 990. The molecule has 3 aromatic carbocycles. The van der Waals surface area contributed by atoms with Gasteiger partial charge in [0.25, 0.3) is 0 Å². The second kappa shape index (κ2) is 8.27. The molecule has 0 atom stereocenters. The third kappa shape index (κ3) is 4.19. The zero-order valence-corrected chi connectivity index (χ0v) is 16.4. The first kappa shape index (κ1) is 18.9. The molecule has 0 bridgehead atoms. The molecule has 0 saturated heterocycles. The van der Waals surface area contributed by atoms with Gasteiger partial charge in [-0.05, 0) is 60.5 Å². The van der Waals surface area contributed by atoms with Gasteiger partial charge >= 0.3 is 0 Å². The number of benzene rings is 3. The molecule has 4 N–H and O–H groups in total. The van der Waals surface area contributed by atoms with E-state index in [4.69, 9.17) is 20.6 Å². The van der Waals surface area contributed by atoms with Crippen LogP contribution in [0.5, 0.6) is 11.5 Å². The Kier molecular flexibility index (Phi) is 5.38. The van der Waals surface area contributed by atoms with Gasteiger partial charge in [-0.1, -0.05) is 24.3 Å². The van der Waals surface area contributed by atoms with Crippen LogP contribution in [0.4, 0.5) is 11.4 Å². The summed E-state index contributed by atoms with van der Waals surface area (Å²) in [4.78, 5) is 0. The van der Waals surface area contributed by atoms with Gasteiger partial charge in [0.1, 0.15) is 29.1 Å². The van der Waals surface area contributed by atoms with Crippen LogP contribution in [-0.2, 0) is 12.8 Å². The van der Waals surface area contributed by atoms with E-state index < -0.39 is 0 Å². The van der Waals surface area contributed by atoms with Crippen LogP contribution in [0.25, 0.3) is 0 Å². The SMILES string of the molecule is CCOc1c[c]cc(OC2Cc3ccccc3C2)c1Nc1ccc(C(=N)N)cc1. The second-order valence-electron chi connectivity index (χ2n) is 7.02. The smallest absolute Gasteiger partial charge is 0.147 e. The standard InChI is InChI=1S/C24H24N3O2/c1-2-28-21-8-5-9-22(29-20-14-17-6-3-4-7-18(17)15-20)23(21)27-19-12-10-16(11-13-19)24(25)26/h3-4,6-13,20,27H,2,14-15H2,1H3,(H3,25,26). The summed E-state index contributed by atoms with van der Waals surface area (Å²) in [5.41, 5.74) is 10.6. The molecule has 0 aromatic heterocycles. The number of hydrogen-bond donors (Lipinski definition) is 3. The minimum Gasteiger partial charge on any atom is -0.492 e. The Morgan fingerprint density at radius 3 is 2.34 bits per heavy atom. The van der Waals surface area contributed by atoms with E-state index >= 15 is 0 Å². The van der Waals surface area contributed by atoms with E-state index in [9.17, 15) is 0 Å². The summed E-state index contributed by atoms with van der Waals surface area (Å²) >= 11 is 0. The van der Waals surface area contributed by atoms with Crippen molar-refractivity contribution in [3.05, 3.63) is 83.4 Å². The number of nitrogen functional groups attached to an aromatic ring is 1. The number of amidine groups is 1. The lowest BCUT2D eigenvalue weighted by Crippen LogP contribution is -2.17. The van der Waals surface area contributed by atoms with Crippen LogP contribution in [0, 0.1) is 11.5 Å². The molecule has 1 radical (unpaired) electrons. The van der Waals surface area contributed by atoms with Gasteiger partial charge in [-0.25, -0.2) is 0 Å². The average molecular weight is 386 g/mol.